The van der Waals surface area contributed by atoms with Crippen molar-refractivity contribution < 1.29 is 28.6 Å². The Hall–Kier alpha value is -1.85. The zero-order valence-corrected chi connectivity index (χ0v) is 49.0. The molecule has 0 aromatic heterocycles. The highest BCUT2D eigenvalue weighted by Crippen LogP contribution is 2.18. The summed E-state index contributed by atoms with van der Waals surface area (Å²) in [6.45, 7) is 6.69. The average Bonchev–Trinajstić information content (AvgIpc) is 3.38. The summed E-state index contributed by atoms with van der Waals surface area (Å²) in [5.41, 5.74) is 0. The first-order chi connectivity index (χ1) is 35.5. The second-order valence-corrected chi connectivity index (χ2v) is 22.4. The molecule has 0 saturated carbocycles. The lowest BCUT2D eigenvalue weighted by Crippen LogP contribution is -2.30. The van der Waals surface area contributed by atoms with Crippen molar-refractivity contribution in [2.45, 2.75) is 380 Å². The first-order valence-electron chi connectivity index (χ1n) is 32.7. The second kappa shape index (κ2) is 61.7. The maximum absolute atomic E-state index is 12.9. The lowest BCUT2D eigenvalue weighted by Gasteiger charge is -2.18. The summed E-state index contributed by atoms with van der Waals surface area (Å²) in [5.74, 6) is -0.849. The number of carbonyl (C=O) groups is 3. The summed E-state index contributed by atoms with van der Waals surface area (Å²) in [6, 6.07) is 0. The van der Waals surface area contributed by atoms with Crippen molar-refractivity contribution in [2.24, 2.45) is 0 Å². The molecule has 0 aromatic rings. The van der Waals surface area contributed by atoms with Gasteiger partial charge in [-0.05, 0) is 44.9 Å². The predicted octanol–water partition coefficient (Wildman–Crippen LogP) is 22.1. The van der Waals surface area contributed by atoms with Gasteiger partial charge in [-0.15, -0.1) is 0 Å². The first-order valence-corrected chi connectivity index (χ1v) is 32.7. The lowest BCUT2D eigenvalue weighted by atomic mass is 10.0. The van der Waals surface area contributed by atoms with Gasteiger partial charge in [0.05, 0.1) is 0 Å². The van der Waals surface area contributed by atoms with Crippen LogP contribution >= 0.6 is 0 Å². The maximum Gasteiger partial charge on any atom is 0.306 e. The third-order valence-electron chi connectivity index (χ3n) is 15.0. The van der Waals surface area contributed by atoms with Crippen LogP contribution in [0, 0.1) is 0 Å². The number of hydrogen-bond donors (Lipinski definition) is 0. The molecule has 0 spiro atoms. The van der Waals surface area contributed by atoms with E-state index < -0.39 is 6.10 Å². The molecule has 0 heterocycles. The molecule has 1 atom stereocenters. The predicted molar refractivity (Wildman–Crippen MR) is 312 cm³/mol. The summed E-state index contributed by atoms with van der Waals surface area (Å²) in [7, 11) is 0. The molecule has 0 aliphatic rings. The molecule has 0 aliphatic heterocycles. The van der Waals surface area contributed by atoms with Gasteiger partial charge in [0.2, 0.25) is 0 Å². The normalized spacial score (nSPS) is 12.0. The molecule has 0 rings (SSSR count). The average molecular weight is 1020 g/mol. The fraction of sp³-hybridized carbons (Fsp3) is 0.924. The largest absolute Gasteiger partial charge is 0.462 e. The van der Waals surface area contributed by atoms with Gasteiger partial charge in [-0.2, -0.15) is 0 Å². The molecule has 0 aromatic carbocycles. The number of carbonyl (C=O) groups excluding carboxylic acids is 3. The number of allylic oxidation sites excluding steroid dienone is 2. The van der Waals surface area contributed by atoms with Crippen LogP contribution in [0.3, 0.4) is 0 Å². The van der Waals surface area contributed by atoms with Gasteiger partial charge in [0.1, 0.15) is 13.2 Å². The molecule has 6 heteroatoms. The Kier molecular flexibility index (Phi) is 60.1. The standard InChI is InChI=1S/C66H126O6/c1-4-7-10-13-16-19-22-25-27-28-29-30-31-32-33-34-35-36-37-38-39-40-42-44-47-50-53-56-59-65(68)71-62-63(61-70-64(67)58-55-52-49-46-43-24-21-18-15-12-9-6-3)72-66(69)60-57-54-51-48-45-41-26-23-20-17-14-11-8-5-2/h23,26,63H,4-22,24-25,27-62H2,1-3H3/b26-23-. The quantitative estimate of drug-likeness (QED) is 0.0261. The topological polar surface area (TPSA) is 78.9 Å². The number of rotatable bonds is 61. The molecule has 6 nitrogen and oxygen atoms in total. The van der Waals surface area contributed by atoms with Gasteiger partial charge in [0, 0.05) is 19.3 Å². The molecule has 1 unspecified atom stereocenters. The van der Waals surface area contributed by atoms with Crippen molar-refractivity contribution in [3.05, 3.63) is 12.2 Å². The molecule has 0 radical (unpaired) electrons. The maximum atomic E-state index is 12.9. The van der Waals surface area contributed by atoms with E-state index in [1.165, 1.54) is 270 Å². The van der Waals surface area contributed by atoms with Gasteiger partial charge in [0.15, 0.2) is 6.10 Å². The highest BCUT2D eigenvalue weighted by Gasteiger charge is 2.19. The van der Waals surface area contributed by atoms with Crippen LogP contribution in [-0.2, 0) is 28.6 Å². The van der Waals surface area contributed by atoms with E-state index in [1.54, 1.807) is 0 Å². The summed E-state index contributed by atoms with van der Waals surface area (Å²) in [5, 5.41) is 0. The van der Waals surface area contributed by atoms with Gasteiger partial charge >= 0.3 is 17.9 Å². The number of hydrogen-bond acceptors (Lipinski definition) is 6. The monoisotopic (exact) mass is 1010 g/mol. The third kappa shape index (κ3) is 59.0. The van der Waals surface area contributed by atoms with Crippen LogP contribution in [0.2, 0.25) is 0 Å². The Labute approximate surface area is 450 Å². The zero-order valence-electron chi connectivity index (χ0n) is 49.0. The summed E-state index contributed by atoms with van der Waals surface area (Å²) >= 11 is 0. The molecular formula is C66H126O6. The number of unbranched alkanes of at least 4 members (excludes halogenated alkanes) is 48. The van der Waals surface area contributed by atoms with Gasteiger partial charge < -0.3 is 14.2 Å². The van der Waals surface area contributed by atoms with E-state index in [0.717, 1.165) is 64.2 Å². The van der Waals surface area contributed by atoms with Crippen LogP contribution < -0.4 is 0 Å². The van der Waals surface area contributed by atoms with E-state index in [9.17, 15) is 14.4 Å². The molecule has 0 fully saturated rings. The van der Waals surface area contributed by atoms with Gasteiger partial charge in [0.25, 0.3) is 0 Å². The smallest absolute Gasteiger partial charge is 0.306 e. The van der Waals surface area contributed by atoms with Gasteiger partial charge in [-0.1, -0.05) is 322 Å². The fourth-order valence-corrected chi connectivity index (χ4v) is 10.1. The summed E-state index contributed by atoms with van der Waals surface area (Å²) < 4.78 is 16.9. The summed E-state index contributed by atoms with van der Waals surface area (Å²) in [6.07, 6.45) is 72.4. The van der Waals surface area contributed by atoms with E-state index in [4.69, 9.17) is 14.2 Å². The van der Waals surface area contributed by atoms with Crippen LogP contribution in [0.15, 0.2) is 12.2 Å². The molecule has 426 valence electrons. The highest BCUT2D eigenvalue weighted by atomic mass is 16.6. The van der Waals surface area contributed by atoms with Crippen LogP contribution in [-0.4, -0.2) is 37.2 Å². The minimum absolute atomic E-state index is 0.0672. The van der Waals surface area contributed by atoms with E-state index in [-0.39, 0.29) is 31.1 Å². The Balaban J connectivity index is 4.11. The Morgan fingerprint density at radius 3 is 0.694 bits per heavy atom. The number of esters is 3. The molecular weight excluding hydrogens is 889 g/mol. The Bertz CT molecular complexity index is 1120. The minimum Gasteiger partial charge on any atom is -0.462 e. The van der Waals surface area contributed by atoms with Gasteiger partial charge in [-0.25, -0.2) is 0 Å². The Morgan fingerprint density at radius 1 is 0.264 bits per heavy atom. The van der Waals surface area contributed by atoms with Crippen molar-refractivity contribution in [1.29, 1.82) is 0 Å². The van der Waals surface area contributed by atoms with Crippen LogP contribution in [0.25, 0.3) is 0 Å². The van der Waals surface area contributed by atoms with E-state index >= 15 is 0 Å². The molecule has 0 bridgehead atoms. The highest BCUT2D eigenvalue weighted by molar-refractivity contribution is 5.71. The van der Waals surface area contributed by atoms with Crippen molar-refractivity contribution in [1.82, 2.24) is 0 Å². The second-order valence-electron chi connectivity index (χ2n) is 22.4. The SMILES string of the molecule is CCCCCCC/C=C\CCCCCCCC(=O)OC(COC(=O)CCCCCCCCCCCCCC)COC(=O)CCCCCCCCCCCCCCCCCCCCCCCCCCCCCC. The van der Waals surface area contributed by atoms with Crippen LogP contribution in [0.5, 0.6) is 0 Å². The van der Waals surface area contributed by atoms with Crippen molar-refractivity contribution in [3.63, 3.8) is 0 Å². The number of ether oxygens (including phenoxy) is 3. The molecule has 0 amide bonds. The molecule has 72 heavy (non-hydrogen) atoms. The third-order valence-corrected chi connectivity index (χ3v) is 15.0. The van der Waals surface area contributed by atoms with Gasteiger partial charge in [-0.3, -0.25) is 14.4 Å². The van der Waals surface area contributed by atoms with E-state index in [0.29, 0.717) is 19.3 Å². The zero-order chi connectivity index (χ0) is 52.2. The fourth-order valence-electron chi connectivity index (χ4n) is 10.1. The lowest BCUT2D eigenvalue weighted by molar-refractivity contribution is -0.167. The summed E-state index contributed by atoms with van der Waals surface area (Å²) in [4.78, 5) is 38.2. The van der Waals surface area contributed by atoms with Crippen molar-refractivity contribution >= 4 is 17.9 Å². The van der Waals surface area contributed by atoms with E-state index in [2.05, 4.69) is 32.9 Å². The minimum atomic E-state index is -0.769. The van der Waals surface area contributed by atoms with Crippen LogP contribution in [0.4, 0.5) is 0 Å². The van der Waals surface area contributed by atoms with Crippen LogP contribution in [0.1, 0.15) is 374 Å². The molecule has 0 saturated heterocycles. The molecule has 0 aliphatic carbocycles. The molecule has 0 N–H and O–H groups in total. The van der Waals surface area contributed by atoms with E-state index in [1.807, 2.05) is 0 Å². The van der Waals surface area contributed by atoms with Crippen molar-refractivity contribution in [3.8, 4) is 0 Å². The van der Waals surface area contributed by atoms with Crippen molar-refractivity contribution in [2.75, 3.05) is 13.2 Å². The first kappa shape index (κ1) is 70.1. The Morgan fingerprint density at radius 2 is 0.458 bits per heavy atom.